The Hall–Kier alpha value is -1.92. The first kappa shape index (κ1) is 17.4. The summed E-state index contributed by atoms with van der Waals surface area (Å²) in [6, 6.07) is 12.5. The Labute approximate surface area is 140 Å². The minimum atomic E-state index is -0.941. The van der Waals surface area contributed by atoms with Crippen molar-refractivity contribution in [2.45, 2.75) is 18.6 Å². The average Bonchev–Trinajstić information content (AvgIpc) is 3.06. The number of furan rings is 1. The van der Waals surface area contributed by atoms with Gasteiger partial charge in [-0.05, 0) is 30.9 Å². The number of urea groups is 1. The third-order valence-electron chi connectivity index (χ3n) is 3.32. The van der Waals surface area contributed by atoms with Gasteiger partial charge in [0.25, 0.3) is 0 Å². The first-order valence-electron chi connectivity index (χ1n) is 7.36. The molecule has 2 unspecified atom stereocenters. The topological polar surface area (TPSA) is 74.5 Å². The average molecular weight is 334 g/mol. The lowest BCUT2D eigenvalue weighted by molar-refractivity contribution is 0.0868. The van der Waals surface area contributed by atoms with E-state index in [1.54, 1.807) is 19.3 Å². The van der Waals surface area contributed by atoms with Crippen LogP contribution in [0.15, 0.2) is 53.1 Å². The summed E-state index contributed by atoms with van der Waals surface area (Å²) in [5.41, 5.74) is -0.0163. The van der Waals surface area contributed by atoms with E-state index in [1.165, 1.54) is 11.8 Å². The molecule has 1 aromatic carbocycles. The van der Waals surface area contributed by atoms with E-state index in [1.807, 2.05) is 42.7 Å². The Morgan fingerprint density at radius 3 is 2.65 bits per heavy atom. The van der Waals surface area contributed by atoms with E-state index < -0.39 is 5.60 Å². The van der Waals surface area contributed by atoms with Crippen LogP contribution < -0.4 is 10.6 Å². The van der Waals surface area contributed by atoms with E-state index >= 15 is 0 Å². The van der Waals surface area contributed by atoms with Crippen molar-refractivity contribution in [3.8, 4) is 0 Å². The molecule has 124 valence electrons. The van der Waals surface area contributed by atoms with Crippen LogP contribution in [0.3, 0.4) is 0 Å². The van der Waals surface area contributed by atoms with Gasteiger partial charge in [-0.15, -0.1) is 0 Å². The molecule has 2 aromatic rings. The number of amides is 2. The number of carbonyl (C=O) groups is 1. The fourth-order valence-electron chi connectivity index (χ4n) is 2.23. The van der Waals surface area contributed by atoms with E-state index in [2.05, 4.69) is 10.6 Å². The quantitative estimate of drug-likeness (QED) is 0.728. The van der Waals surface area contributed by atoms with E-state index in [4.69, 9.17) is 4.42 Å². The number of aliphatic hydroxyl groups is 1. The molecule has 0 spiro atoms. The fourth-order valence-corrected chi connectivity index (χ4v) is 2.96. The molecule has 0 saturated heterocycles. The van der Waals surface area contributed by atoms with Gasteiger partial charge >= 0.3 is 6.03 Å². The molecule has 0 aliphatic heterocycles. The Morgan fingerprint density at radius 2 is 2.04 bits per heavy atom. The van der Waals surface area contributed by atoms with Gasteiger partial charge in [-0.3, -0.25) is 0 Å². The van der Waals surface area contributed by atoms with Crippen molar-refractivity contribution in [1.29, 1.82) is 0 Å². The van der Waals surface area contributed by atoms with Gasteiger partial charge in [-0.1, -0.05) is 30.3 Å². The van der Waals surface area contributed by atoms with E-state index in [-0.39, 0.29) is 18.6 Å². The van der Waals surface area contributed by atoms with Crippen molar-refractivity contribution in [2.75, 3.05) is 18.6 Å². The minimum Gasteiger partial charge on any atom is -0.467 e. The summed E-state index contributed by atoms with van der Waals surface area (Å²) < 4.78 is 5.44. The molecule has 5 nitrogen and oxygen atoms in total. The fraction of sp³-hybridized carbons (Fsp3) is 0.353. The predicted molar refractivity (Wildman–Crippen MR) is 92.5 cm³/mol. The molecule has 0 bridgehead atoms. The van der Waals surface area contributed by atoms with Crippen LogP contribution in [0, 0.1) is 0 Å². The van der Waals surface area contributed by atoms with Crippen molar-refractivity contribution < 1.29 is 14.3 Å². The molecule has 1 heterocycles. The van der Waals surface area contributed by atoms with Gasteiger partial charge in [0.2, 0.25) is 0 Å². The maximum Gasteiger partial charge on any atom is 0.315 e. The molecule has 2 atom stereocenters. The molecular formula is C17H22N2O3S. The third kappa shape index (κ3) is 5.33. The van der Waals surface area contributed by atoms with Crippen LogP contribution in [0.25, 0.3) is 0 Å². The summed E-state index contributed by atoms with van der Waals surface area (Å²) in [6.45, 7) is 1.88. The maximum absolute atomic E-state index is 12.2. The van der Waals surface area contributed by atoms with Gasteiger partial charge in [-0.2, -0.15) is 11.8 Å². The highest BCUT2D eigenvalue weighted by Gasteiger charge is 2.23. The monoisotopic (exact) mass is 334 g/mol. The van der Waals surface area contributed by atoms with Crippen LogP contribution in [-0.2, 0) is 0 Å². The Morgan fingerprint density at radius 1 is 1.30 bits per heavy atom. The van der Waals surface area contributed by atoms with Crippen molar-refractivity contribution in [1.82, 2.24) is 10.6 Å². The highest BCUT2D eigenvalue weighted by molar-refractivity contribution is 7.98. The van der Waals surface area contributed by atoms with E-state index in [0.717, 1.165) is 5.56 Å². The molecule has 1 aromatic heterocycles. The van der Waals surface area contributed by atoms with Crippen molar-refractivity contribution in [2.24, 2.45) is 0 Å². The summed E-state index contributed by atoms with van der Waals surface area (Å²) >= 11 is 1.53. The summed E-state index contributed by atoms with van der Waals surface area (Å²) in [5, 5.41) is 15.7. The van der Waals surface area contributed by atoms with E-state index in [0.29, 0.717) is 11.5 Å². The molecule has 0 aliphatic rings. The summed E-state index contributed by atoms with van der Waals surface area (Å²) in [7, 11) is 0. The largest absolute Gasteiger partial charge is 0.467 e. The molecule has 2 amide bonds. The molecule has 23 heavy (non-hydrogen) atoms. The number of rotatable bonds is 7. The van der Waals surface area contributed by atoms with Gasteiger partial charge < -0.3 is 20.2 Å². The van der Waals surface area contributed by atoms with Crippen molar-refractivity contribution in [3.05, 3.63) is 60.1 Å². The Kier molecular flexibility index (Phi) is 6.12. The molecule has 3 N–H and O–H groups in total. The number of hydrogen-bond donors (Lipinski definition) is 3. The molecule has 0 radical (unpaired) electrons. The van der Waals surface area contributed by atoms with Gasteiger partial charge in [0.05, 0.1) is 11.9 Å². The maximum atomic E-state index is 12.2. The van der Waals surface area contributed by atoms with Crippen molar-refractivity contribution >= 4 is 17.8 Å². The van der Waals surface area contributed by atoms with Crippen LogP contribution in [-0.4, -0.2) is 35.3 Å². The Bertz CT molecular complexity index is 600. The molecule has 0 aliphatic carbocycles. The number of thioether (sulfide) groups is 1. The van der Waals surface area contributed by atoms with Crippen LogP contribution in [0.4, 0.5) is 4.79 Å². The standard InChI is InChI=1S/C17H22N2O3S/c1-17(21,12-23-2)11-18-16(20)19-15(14-9-6-10-22-14)13-7-4-3-5-8-13/h3-10,15,21H,11-12H2,1-2H3,(H2,18,19,20). The van der Waals surface area contributed by atoms with E-state index in [9.17, 15) is 9.90 Å². The second kappa shape index (κ2) is 8.08. The van der Waals surface area contributed by atoms with Gasteiger partial charge in [0.1, 0.15) is 11.8 Å². The molecule has 6 heteroatoms. The SMILES string of the molecule is CSCC(C)(O)CNC(=O)NC(c1ccccc1)c1ccco1. The summed E-state index contributed by atoms with van der Waals surface area (Å²) in [5.74, 6) is 1.20. The lowest BCUT2D eigenvalue weighted by atomic mass is 10.0. The minimum absolute atomic E-state index is 0.180. The smallest absolute Gasteiger partial charge is 0.315 e. The number of carbonyl (C=O) groups excluding carboxylic acids is 1. The second-order valence-corrected chi connectivity index (χ2v) is 6.48. The summed E-state index contributed by atoms with van der Waals surface area (Å²) in [6.07, 6.45) is 3.49. The zero-order valence-electron chi connectivity index (χ0n) is 13.3. The Balaban J connectivity index is 2.03. The van der Waals surface area contributed by atoms with Crippen LogP contribution >= 0.6 is 11.8 Å². The van der Waals surface area contributed by atoms with Gasteiger partial charge in [0, 0.05) is 12.3 Å². The van der Waals surface area contributed by atoms with Gasteiger partial charge in [-0.25, -0.2) is 4.79 Å². The third-order valence-corrected chi connectivity index (χ3v) is 4.23. The zero-order valence-corrected chi connectivity index (χ0v) is 14.1. The molecular weight excluding hydrogens is 312 g/mol. The number of nitrogens with one attached hydrogen (secondary N) is 2. The lowest BCUT2D eigenvalue weighted by Gasteiger charge is -2.24. The van der Waals surface area contributed by atoms with Gasteiger partial charge in [0.15, 0.2) is 0 Å². The highest BCUT2D eigenvalue weighted by atomic mass is 32.2. The van der Waals surface area contributed by atoms with Crippen LogP contribution in [0.1, 0.15) is 24.3 Å². The summed E-state index contributed by atoms with van der Waals surface area (Å²) in [4.78, 5) is 12.2. The normalized spacial score (nSPS) is 14.7. The number of hydrogen-bond acceptors (Lipinski definition) is 4. The molecule has 0 saturated carbocycles. The van der Waals surface area contributed by atoms with Crippen molar-refractivity contribution in [3.63, 3.8) is 0 Å². The van der Waals surface area contributed by atoms with Crippen LogP contribution in [0.5, 0.6) is 0 Å². The molecule has 0 fully saturated rings. The highest BCUT2D eigenvalue weighted by Crippen LogP contribution is 2.22. The first-order valence-corrected chi connectivity index (χ1v) is 8.75. The predicted octanol–water partition coefficient (Wildman–Crippen LogP) is 2.78. The lowest BCUT2D eigenvalue weighted by Crippen LogP contribution is -2.47. The number of benzene rings is 1. The first-order chi connectivity index (χ1) is 11.0. The van der Waals surface area contributed by atoms with Crippen LogP contribution in [0.2, 0.25) is 0 Å². The second-order valence-electron chi connectivity index (χ2n) is 5.62. The molecule has 2 rings (SSSR count). The zero-order chi connectivity index (χ0) is 16.7.